The van der Waals surface area contributed by atoms with Gasteiger partial charge in [0, 0.05) is 41.2 Å². The molecule has 1 aromatic rings. The second-order valence-electron chi connectivity index (χ2n) is 5.01. The lowest BCUT2D eigenvalue weighted by molar-refractivity contribution is -0.148. The van der Waals surface area contributed by atoms with Crippen molar-refractivity contribution in [3.63, 3.8) is 0 Å². The first-order valence-electron chi connectivity index (χ1n) is 6.54. The van der Waals surface area contributed by atoms with Crippen molar-refractivity contribution in [1.29, 1.82) is 0 Å². The number of benzene rings is 1. The van der Waals surface area contributed by atoms with Gasteiger partial charge >= 0.3 is 6.18 Å². The normalized spacial score (nSPS) is 18.7. The summed E-state index contributed by atoms with van der Waals surface area (Å²) in [6, 6.07) is 2.65. The molecule has 1 aromatic carbocycles. The number of hydrogen-bond acceptors (Lipinski definition) is 3. The van der Waals surface area contributed by atoms with Crippen molar-refractivity contribution in [3.8, 4) is 0 Å². The number of hydrogen-bond donors (Lipinski definition) is 2. The summed E-state index contributed by atoms with van der Waals surface area (Å²) in [5.41, 5.74) is 6.88. The maximum atomic E-state index is 13.0. The summed E-state index contributed by atoms with van der Waals surface area (Å²) in [6.45, 7) is 2.52. The van der Waals surface area contributed by atoms with E-state index in [1.54, 1.807) is 12.1 Å². The molecular formula is C13H16Br2F3N3. The van der Waals surface area contributed by atoms with Crippen LogP contribution in [0, 0.1) is 0 Å². The molecule has 0 bridgehead atoms. The number of nitrogen functional groups attached to an aromatic ring is 1. The smallest absolute Gasteiger partial charge is 0.390 e. The molecule has 8 heteroatoms. The summed E-state index contributed by atoms with van der Waals surface area (Å²) in [5.74, 6) is 0. The topological polar surface area (TPSA) is 41.3 Å². The molecule has 1 heterocycles. The van der Waals surface area contributed by atoms with Crippen molar-refractivity contribution in [2.45, 2.75) is 18.6 Å². The lowest BCUT2D eigenvalue weighted by Gasteiger charge is -2.36. The van der Waals surface area contributed by atoms with E-state index in [1.807, 2.05) is 4.90 Å². The van der Waals surface area contributed by atoms with Gasteiger partial charge in [-0.25, -0.2) is 0 Å². The highest BCUT2D eigenvalue weighted by Crippen LogP contribution is 2.40. The van der Waals surface area contributed by atoms with Gasteiger partial charge in [0.2, 0.25) is 0 Å². The Bertz CT molecular complexity index is 502. The zero-order valence-electron chi connectivity index (χ0n) is 11.2. The second-order valence-corrected chi connectivity index (χ2v) is 6.78. The van der Waals surface area contributed by atoms with Gasteiger partial charge in [-0.1, -0.05) is 15.9 Å². The fourth-order valence-electron chi connectivity index (χ4n) is 2.53. The maximum Gasteiger partial charge on any atom is 0.390 e. The van der Waals surface area contributed by atoms with Gasteiger partial charge in [0.25, 0.3) is 0 Å². The molecule has 118 valence electrons. The molecule has 1 aliphatic rings. The van der Waals surface area contributed by atoms with Crippen LogP contribution in [-0.2, 0) is 0 Å². The molecule has 0 spiro atoms. The molecule has 1 aliphatic heterocycles. The van der Waals surface area contributed by atoms with Gasteiger partial charge in [0.05, 0.1) is 12.1 Å². The van der Waals surface area contributed by atoms with Crippen LogP contribution < -0.4 is 11.1 Å². The lowest BCUT2D eigenvalue weighted by Crippen LogP contribution is -2.46. The average molecular weight is 431 g/mol. The van der Waals surface area contributed by atoms with E-state index in [4.69, 9.17) is 5.73 Å². The fourth-order valence-corrected chi connectivity index (χ4v) is 3.79. The molecule has 0 saturated carbocycles. The Morgan fingerprint density at radius 3 is 2.43 bits per heavy atom. The van der Waals surface area contributed by atoms with E-state index in [2.05, 4.69) is 37.2 Å². The molecule has 0 unspecified atom stereocenters. The van der Waals surface area contributed by atoms with Gasteiger partial charge in [-0.05, 0) is 33.6 Å². The molecule has 0 aromatic heterocycles. The number of nitrogens with zero attached hydrogens (tertiary/aromatic N) is 1. The summed E-state index contributed by atoms with van der Waals surface area (Å²) in [7, 11) is 0. The van der Waals surface area contributed by atoms with Crippen molar-refractivity contribution in [2.24, 2.45) is 0 Å². The number of nitrogens with one attached hydrogen (secondary N) is 1. The van der Waals surface area contributed by atoms with Crippen molar-refractivity contribution in [3.05, 3.63) is 26.6 Å². The zero-order chi connectivity index (χ0) is 15.6. The third-order valence-corrected chi connectivity index (χ3v) is 4.62. The van der Waals surface area contributed by atoms with Gasteiger partial charge < -0.3 is 11.1 Å². The quantitative estimate of drug-likeness (QED) is 0.718. The monoisotopic (exact) mass is 429 g/mol. The number of halogens is 5. The minimum atomic E-state index is -4.24. The highest BCUT2D eigenvalue weighted by molar-refractivity contribution is 9.11. The molecule has 0 radical (unpaired) electrons. The van der Waals surface area contributed by atoms with Crippen LogP contribution in [0.1, 0.15) is 18.0 Å². The maximum absolute atomic E-state index is 13.0. The number of nitrogens with two attached hydrogens (primary N) is 1. The molecule has 1 saturated heterocycles. The van der Waals surface area contributed by atoms with Crippen LogP contribution in [0.3, 0.4) is 0 Å². The zero-order valence-corrected chi connectivity index (χ0v) is 14.4. The van der Waals surface area contributed by atoms with E-state index in [1.165, 1.54) is 0 Å². The van der Waals surface area contributed by atoms with Gasteiger partial charge in [-0.15, -0.1) is 0 Å². The Morgan fingerprint density at radius 1 is 1.24 bits per heavy atom. The minimum Gasteiger partial charge on any atom is -0.398 e. The van der Waals surface area contributed by atoms with E-state index in [0.717, 1.165) is 0 Å². The van der Waals surface area contributed by atoms with Crippen molar-refractivity contribution in [2.75, 3.05) is 31.9 Å². The summed E-state index contributed by atoms with van der Waals surface area (Å²) in [5, 5.41) is 3.15. The Kier molecular flexibility index (Phi) is 5.56. The van der Waals surface area contributed by atoms with E-state index < -0.39 is 18.6 Å². The highest BCUT2D eigenvalue weighted by atomic mass is 79.9. The highest BCUT2D eigenvalue weighted by Gasteiger charge is 2.37. The van der Waals surface area contributed by atoms with Crippen LogP contribution in [0.15, 0.2) is 21.1 Å². The average Bonchev–Trinajstić information content (AvgIpc) is 2.40. The number of rotatable bonds is 3. The van der Waals surface area contributed by atoms with Crippen LogP contribution >= 0.6 is 31.9 Å². The van der Waals surface area contributed by atoms with E-state index in [-0.39, 0.29) is 0 Å². The van der Waals surface area contributed by atoms with Crippen LogP contribution in [0.2, 0.25) is 0 Å². The van der Waals surface area contributed by atoms with Crippen molar-refractivity contribution in [1.82, 2.24) is 10.2 Å². The third kappa shape index (κ3) is 4.58. The number of anilines is 1. The van der Waals surface area contributed by atoms with Crippen LogP contribution in [-0.4, -0.2) is 37.3 Å². The Morgan fingerprint density at radius 2 is 1.86 bits per heavy atom. The summed E-state index contributed by atoms with van der Waals surface area (Å²) in [6.07, 6.45) is -5.14. The Labute approximate surface area is 138 Å². The Balaban J connectivity index is 2.38. The molecule has 21 heavy (non-hydrogen) atoms. The van der Waals surface area contributed by atoms with E-state index in [0.29, 0.717) is 46.4 Å². The molecule has 3 N–H and O–H groups in total. The molecule has 1 fully saturated rings. The predicted octanol–water partition coefficient (Wildman–Crippen LogP) is 3.69. The van der Waals surface area contributed by atoms with Gasteiger partial charge in [0.1, 0.15) is 0 Å². The molecule has 0 amide bonds. The molecular weight excluding hydrogens is 415 g/mol. The van der Waals surface area contributed by atoms with Crippen molar-refractivity contribution < 1.29 is 13.2 Å². The van der Waals surface area contributed by atoms with Gasteiger partial charge in [0.15, 0.2) is 0 Å². The SMILES string of the molecule is Nc1c(Br)cc(Br)cc1[C@H](CC(F)(F)F)N1CCNCC1. The predicted molar refractivity (Wildman–Crippen MR) is 84.1 cm³/mol. The first kappa shape index (κ1) is 17.1. The third-order valence-electron chi connectivity index (χ3n) is 3.50. The van der Waals surface area contributed by atoms with E-state index >= 15 is 0 Å². The minimum absolute atomic E-state index is 0.367. The number of alkyl halides is 3. The molecule has 1 atom stereocenters. The molecule has 2 rings (SSSR count). The largest absolute Gasteiger partial charge is 0.398 e. The summed E-state index contributed by atoms with van der Waals surface area (Å²) >= 11 is 6.62. The number of piperazine rings is 1. The molecule has 3 nitrogen and oxygen atoms in total. The summed E-state index contributed by atoms with van der Waals surface area (Å²) in [4.78, 5) is 1.84. The second kappa shape index (κ2) is 6.85. The van der Waals surface area contributed by atoms with Crippen LogP contribution in [0.25, 0.3) is 0 Å². The standard InChI is InChI=1S/C13H16Br2F3N3/c14-8-5-9(12(19)10(15)6-8)11(7-13(16,17)18)21-3-1-20-2-4-21/h5-6,11,20H,1-4,7,19H2/t11-/m0/s1. The van der Waals surface area contributed by atoms with Gasteiger partial charge in [-0.3, -0.25) is 4.90 Å². The van der Waals surface area contributed by atoms with E-state index in [9.17, 15) is 13.2 Å². The van der Waals surface area contributed by atoms with Crippen LogP contribution in [0.4, 0.5) is 18.9 Å². The van der Waals surface area contributed by atoms with Crippen LogP contribution in [0.5, 0.6) is 0 Å². The first-order chi connectivity index (χ1) is 9.78. The fraction of sp³-hybridized carbons (Fsp3) is 0.538. The summed E-state index contributed by atoms with van der Waals surface area (Å²) < 4.78 is 40.2. The molecule has 0 aliphatic carbocycles. The lowest BCUT2D eigenvalue weighted by atomic mass is 9.99. The Hall–Kier alpha value is -0.310. The van der Waals surface area contributed by atoms with Gasteiger partial charge in [-0.2, -0.15) is 13.2 Å². The van der Waals surface area contributed by atoms with Crippen molar-refractivity contribution >= 4 is 37.5 Å². The first-order valence-corrected chi connectivity index (χ1v) is 8.12.